The van der Waals surface area contributed by atoms with E-state index in [9.17, 15) is 8.78 Å². The zero-order valence-electron chi connectivity index (χ0n) is 11.4. The molecule has 1 atom stereocenters. The van der Waals surface area contributed by atoms with E-state index in [1.165, 1.54) is 6.07 Å². The average molecular weight is 312 g/mol. The second-order valence-corrected chi connectivity index (χ2v) is 5.45. The molecule has 3 rings (SSSR count). The van der Waals surface area contributed by atoms with Gasteiger partial charge in [-0.3, -0.25) is 0 Å². The molecule has 7 heteroatoms. The lowest BCUT2D eigenvalue weighted by molar-refractivity contribution is 0.456. The summed E-state index contributed by atoms with van der Waals surface area (Å²) >= 11 is 6.09. The highest BCUT2D eigenvalue weighted by molar-refractivity contribution is 6.20. The van der Waals surface area contributed by atoms with Crippen molar-refractivity contribution in [2.45, 2.75) is 25.8 Å². The summed E-state index contributed by atoms with van der Waals surface area (Å²) < 4.78 is 34.4. The van der Waals surface area contributed by atoms with Gasteiger partial charge in [0.25, 0.3) is 0 Å². The van der Waals surface area contributed by atoms with Crippen molar-refractivity contribution < 1.29 is 13.2 Å². The smallest absolute Gasteiger partial charge is 0.214 e. The van der Waals surface area contributed by atoms with Crippen molar-refractivity contribution in [2.75, 3.05) is 0 Å². The normalized spacial score (nSPS) is 13.0. The summed E-state index contributed by atoms with van der Waals surface area (Å²) in [4.78, 5) is 8.27. The number of halogens is 3. The molecule has 0 spiro atoms. The van der Waals surface area contributed by atoms with Gasteiger partial charge >= 0.3 is 0 Å². The van der Waals surface area contributed by atoms with Gasteiger partial charge in [0.05, 0.1) is 17.1 Å². The molecule has 2 heterocycles. The zero-order chi connectivity index (χ0) is 15.1. The molecular formula is C14H12ClF2N3O. The fourth-order valence-corrected chi connectivity index (χ4v) is 2.41. The molecule has 0 saturated carbocycles. The summed E-state index contributed by atoms with van der Waals surface area (Å²) in [6, 6.07) is 2.03. The predicted octanol–water partition coefficient (Wildman–Crippen LogP) is 3.96. The Balaban J connectivity index is 2.20. The number of hydrogen-bond donors (Lipinski definition) is 0. The summed E-state index contributed by atoms with van der Waals surface area (Å²) in [5, 5.41) is -0.462. The van der Waals surface area contributed by atoms with Gasteiger partial charge in [0.15, 0.2) is 5.82 Å². The molecule has 0 aliphatic carbocycles. The SMILES string of the molecule is Cc1cnc(Cn2c(C(C)Cl)nc3c(F)cc(F)cc32)o1. The Morgan fingerprint density at radius 1 is 1.38 bits per heavy atom. The molecule has 110 valence electrons. The third-order valence-corrected chi connectivity index (χ3v) is 3.32. The van der Waals surface area contributed by atoms with Crippen LogP contribution in [-0.2, 0) is 6.54 Å². The van der Waals surface area contributed by atoms with Crippen LogP contribution in [0.15, 0.2) is 22.7 Å². The Morgan fingerprint density at radius 2 is 2.14 bits per heavy atom. The molecule has 0 aliphatic rings. The number of imidazole rings is 1. The van der Waals surface area contributed by atoms with Crippen molar-refractivity contribution >= 4 is 22.6 Å². The molecule has 21 heavy (non-hydrogen) atoms. The minimum Gasteiger partial charge on any atom is -0.444 e. The fourth-order valence-electron chi connectivity index (χ4n) is 2.25. The van der Waals surface area contributed by atoms with Crippen molar-refractivity contribution in [3.8, 4) is 0 Å². The number of alkyl halides is 1. The van der Waals surface area contributed by atoms with Gasteiger partial charge < -0.3 is 8.98 Å². The third-order valence-electron chi connectivity index (χ3n) is 3.12. The van der Waals surface area contributed by atoms with Crippen LogP contribution in [0.5, 0.6) is 0 Å². The second kappa shape index (κ2) is 5.11. The van der Waals surface area contributed by atoms with E-state index in [-0.39, 0.29) is 12.1 Å². The standard InChI is InChI=1S/C14H12ClF2N3O/c1-7-5-18-12(21-7)6-20-11-4-9(16)3-10(17)13(11)19-14(20)8(2)15/h3-5,8H,6H2,1-2H3. The van der Waals surface area contributed by atoms with Crippen molar-refractivity contribution in [2.24, 2.45) is 0 Å². The van der Waals surface area contributed by atoms with Gasteiger partial charge in [-0.25, -0.2) is 18.7 Å². The molecule has 0 aliphatic heterocycles. The van der Waals surface area contributed by atoms with Crippen molar-refractivity contribution in [3.05, 3.63) is 47.4 Å². The van der Waals surface area contributed by atoms with Crippen LogP contribution in [0.2, 0.25) is 0 Å². The number of nitrogens with zero attached hydrogens (tertiary/aromatic N) is 3. The van der Waals surface area contributed by atoms with Crippen LogP contribution in [0.4, 0.5) is 8.78 Å². The van der Waals surface area contributed by atoms with E-state index in [0.29, 0.717) is 23.0 Å². The first kappa shape index (κ1) is 14.0. The predicted molar refractivity (Wildman–Crippen MR) is 74.3 cm³/mol. The van der Waals surface area contributed by atoms with E-state index in [0.717, 1.165) is 6.07 Å². The number of fused-ring (bicyclic) bond motifs is 1. The number of aryl methyl sites for hydroxylation is 1. The zero-order valence-corrected chi connectivity index (χ0v) is 12.2. The monoisotopic (exact) mass is 311 g/mol. The maximum absolute atomic E-state index is 13.8. The Kier molecular flexibility index (Phi) is 3.41. The van der Waals surface area contributed by atoms with Crippen LogP contribution in [0.3, 0.4) is 0 Å². The summed E-state index contributed by atoms with van der Waals surface area (Å²) in [7, 11) is 0. The van der Waals surface area contributed by atoms with Crippen molar-refractivity contribution in [3.63, 3.8) is 0 Å². The average Bonchev–Trinajstić information content (AvgIpc) is 2.95. The minimum atomic E-state index is -0.717. The Morgan fingerprint density at radius 3 is 2.76 bits per heavy atom. The second-order valence-electron chi connectivity index (χ2n) is 4.79. The van der Waals surface area contributed by atoms with Crippen LogP contribution in [0, 0.1) is 18.6 Å². The van der Waals surface area contributed by atoms with Gasteiger partial charge in [0.1, 0.15) is 29.5 Å². The summed E-state index contributed by atoms with van der Waals surface area (Å²) in [5.41, 5.74) is 0.410. The molecule has 0 radical (unpaired) electrons. The summed E-state index contributed by atoms with van der Waals surface area (Å²) in [6.07, 6.45) is 1.58. The molecule has 1 aromatic carbocycles. The van der Waals surface area contributed by atoms with Crippen molar-refractivity contribution in [1.29, 1.82) is 0 Å². The Hall–Kier alpha value is -1.95. The molecule has 2 aromatic heterocycles. The molecule has 1 unspecified atom stereocenters. The summed E-state index contributed by atoms with van der Waals surface area (Å²) in [6.45, 7) is 3.70. The van der Waals surface area contributed by atoms with E-state index in [4.69, 9.17) is 16.0 Å². The van der Waals surface area contributed by atoms with E-state index in [2.05, 4.69) is 9.97 Å². The maximum atomic E-state index is 13.8. The quantitative estimate of drug-likeness (QED) is 0.688. The van der Waals surface area contributed by atoms with Crippen molar-refractivity contribution in [1.82, 2.24) is 14.5 Å². The highest BCUT2D eigenvalue weighted by atomic mass is 35.5. The van der Waals surface area contributed by atoms with Crippen LogP contribution in [0.25, 0.3) is 11.0 Å². The first-order valence-corrected chi connectivity index (χ1v) is 6.80. The molecule has 4 nitrogen and oxygen atoms in total. The number of rotatable bonds is 3. The lowest BCUT2D eigenvalue weighted by atomic mass is 10.3. The molecule has 0 N–H and O–H groups in total. The Labute approximate surface area is 124 Å². The number of hydrogen-bond acceptors (Lipinski definition) is 3. The first-order chi connectivity index (χ1) is 9.95. The van der Waals surface area contributed by atoms with E-state index < -0.39 is 17.0 Å². The number of aromatic nitrogens is 3. The lowest BCUT2D eigenvalue weighted by Crippen LogP contribution is -2.06. The molecule has 3 aromatic rings. The van der Waals surface area contributed by atoms with E-state index >= 15 is 0 Å². The van der Waals surface area contributed by atoms with Gasteiger partial charge in [0, 0.05) is 6.07 Å². The van der Waals surface area contributed by atoms with Gasteiger partial charge in [-0.05, 0) is 19.9 Å². The largest absolute Gasteiger partial charge is 0.444 e. The van der Waals surface area contributed by atoms with Gasteiger partial charge in [0.2, 0.25) is 5.89 Å². The third kappa shape index (κ3) is 2.51. The molecule has 0 bridgehead atoms. The van der Waals surface area contributed by atoms with Gasteiger partial charge in [-0.1, -0.05) is 0 Å². The van der Waals surface area contributed by atoms with Gasteiger partial charge in [-0.15, -0.1) is 11.6 Å². The highest BCUT2D eigenvalue weighted by Crippen LogP contribution is 2.27. The molecule has 0 amide bonds. The molecular weight excluding hydrogens is 300 g/mol. The van der Waals surface area contributed by atoms with Crippen LogP contribution < -0.4 is 0 Å². The van der Waals surface area contributed by atoms with E-state index in [1.54, 1.807) is 24.6 Å². The van der Waals surface area contributed by atoms with Gasteiger partial charge in [-0.2, -0.15) is 0 Å². The Bertz CT molecular complexity index is 810. The van der Waals surface area contributed by atoms with Crippen LogP contribution in [-0.4, -0.2) is 14.5 Å². The molecule has 0 saturated heterocycles. The topological polar surface area (TPSA) is 43.9 Å². The van der Waals surface area contributed by atoms with E-state index in [1.807, 2.05) is 0 Å². The highest BCUT2D eigenvalue weighted by Gasteiger charge is 2.19. The maximum Gasteiger partial charge on any atom is 0.214 e. The lowest BCUT2D eigenvalue weighted by Gasteiger charge is -2.08. The molecule has 0 fully saturated rings. The minimum absolute atomic E-state index is 0.0854. The van der Waals surface area contributed by atoms with Crippen LogP contribution in [0.1, 0.15) is 29.8 Å². The first-order valence-electron chi connectivity index (χ1n) is 6.36. The summed E-state index contributed by atoms with van der Waals surface area (Å²) in [5.74, 6) is 0.138. The fraction of sp³-hybridized carbons (Fsp3) is 0.286. The van der Waals surface area contributed by atoms with Crippen LogP contribution >= 0.6 is 11.6 Å². The number of benzene rings is 1. The number of oxazole rings is 1.